The lowest BCUT2D eigenvalue weighted by Gasteiger charge is -2.35. The number of hydrogen-bond acceptors (Lipinski definition) is 2. The summed E-state index contributed by atoms with van der Waals surface area (Å²) in [5, 5.41) is 0. The van der Waals surface area contributed by atoms with Gasteiger partial charge in [-0.15, -0.1) is 11.8 Å². The maximum absolute atomic E-state index is 6.02. The lowest BCUT2D eigenvalue weighted by atomic mass is 9.84. The van der Waals surface area contributed by atoms with Crippen LogP contribution in [0.25, 0.3) is 0 Å². The highest BCUT2D eigenvalue weighted by Gasteiger charge is 2.36. The van der Waals surface area contributed by atoms with Gasteiger partial charge in [0, 0.05) is 5.88 Å². The van der Waals surface area contributed by atoms with Gasteiger partial charge in [-0.1, -0.05) is 90.5 Å². The highest BCUT2D eigenvalue weighted by Crippen LogP contribution is 2.47. The molecule has 0 aromatic heterocycles. The second kappa shape index (κ2) is 7.03. The van der Waals surface area contributed by atoms with E-state index in [2.05, 4.69) is 91.9 Å². The summed E-state index contributed by atoms with van der Waals surface area (Å²) in [6.07, 6.45) is 0. The average Bonchev–Trinajstić information content (AvgIpc) is 2.62. The van der Waals surface area contributed by atoms with Gasteiger partial charge in [-0.2, -0.15) is 0 Å². The summed E-state index contributed by atoms with van der Waals surface area (Å²) in [4.78, 5) is 0. The van der Waals surface area contributed by atoms with Crippen LogP contribution in [0.4, 0.5) is 0 Å². The van der Waals surface area contributed by atoms with Gasteiger partial charge in [-0.25, -0.2) is 0 Å². The van der Waals surface area contributed by atoms with Gasteiger partial charge in [0.15, 0.2) is 0 Å². The minimum Gasteiger partial charge on any atom is -0.322 e. The molecule has 3 rings (SSSR count). The molecule has 0 heterocycles. The summed E-state index contributed by atoms with van der Waals surface area (Å²) >= 11 is 1.77. The predicted octanol–water partition coefficient (Wildman–Crippen LogP) is 4.94. The van der Waals surface area contributed by atoms with Gasteiger partial charge in [0.1, 0.15) is 0 Å². The number of hydrogen-bond donors (Lipinski definition) is 1. The molecule has 2 heteroatoms. The number of aryl methyl sites for hydroxylation is 1. The average molecular weight is 319 g/mol. The second-order valence-corrected chi connectivity index (χ2v) is 6.82. The molecule has 0 spiro atoms. The summed E-state index contributed by atoms with van der Waals surface area (Å²) in [5.41, 5.74) is 11.1. The van der Waals surface area contributed by atoms with Crippen LogP contribution in [0.5, 0.6) is 0 Å². The normalized spacial score (nSPS) is 11.4. The lowest BCUT2D eigenvalue weighted by Crippen LogP contribution is -2.27. The molecule has 0 bridgehead atoms. The first-order valence-corrected chi connectivity index (χ1v) is 8.78. The summed E-state index contributed by atoms with van der Waals surface area (Å²) in [6.45, 7) is 2.12. The van der Waals surface area contributed by atoms with Crippen LogP contribution in [0.1, 0.15) is 22.3 Å². The Balaban J connectivity index is 2.28. The summed E-state index contributed by atoms with van der Waals surface area (Å²) in [5.74, 6) is 0.553. The Kier molecular flexibility index (Phi) is 4.85. The van der Waals surface area contributed by atoms with E-state index in [0.29, 0.717) is 5.88 Å². The van der Waals surface area contributed by atoms with E-state index in [1.165, 1.54) is 22.3 Å². The van der Waals surface area contributed by atoms with Crippen LogP contribution < -0.4 is 5.73 Å². The van der Waals surface area contributed by atoms with Crippen LogP contribution in [0, 0.1) is 6.92 Å². The molecule has 0 aliphatic carbocycles. The monoisotopic (exact) mass is 319 g/mol. The molecule has 0 amide bonds. The zero-order valence-electron chi connectivity index (χ0n) is 13.3. The summed E-state index contributed by atoms with van der Waals surface area (Å²) in [7, 11) is 0. The highest BCUT2D eigenvalue weighted by molar-refractivity contribution is 8.00. The molecule has 1 nitrogen and oxygen atoms in total. The molecule has 0 unspecified atom stereocenters. The van der Waals surface area contributed by atoms with Crippen LogP contribution in [0.3, 0.4) is 0 Å². The molecule has 0 saturated heterocycles. The van der Waals surface area contributed by atoms with Crippen LogP contribution in [0.2, 0.25) is 0 Å². The van der Waals surface area contributed by atoms with E-state index < -0.39 is 0 Å². The molecule has 0 aliphatic rings. The van der Waals surface area contributed by atoms with Gasteiger partial charge < -0.3 is 5.73 Å². The first kappa shape index (κ1) is 15.9. The van der Waals surface area contributed by atoms with Gasteiger partial charge >= 0.3 is 0 Å². The van der Waals surface area contributed by atoms with Crippen molar-refractivity contribution >= 4 is 11.8 Å². The van der Waals surface area contributed by atoms with Crippen molar-refractivity contribution in [3.63, 3.8) is 0 Å². The first-order chi connectivity index (χ1) is 11.3. The molecule has 3 aromatic carbocycles. The Hall–Kier alpha value is -2.03. The Labute approximate surface area is 142 Å². The van der Waals surface area contributed by atoms with Gasteiger partial charge in [0.2, 0.25) is 0 Å². The Morgan fingerprint density at radius 3 is 1.57 bits per heavy atom. The molecule has 116 valence electrons. The minimum absolute atomic E-state index is 0.287. The fraction of sp³-hybridized carbons (Fsp3) is 0.143. The van der Waals surface area contributed by atoms with Gasteiger partial charge in [-0.05, 0) is 23.6 Å². The smallest absolute Gasteiger partial charge is 0.0919 e. The van der Waals surface area contributed by atoms with Crippen molar-refractivity contribution in [2.75, 3.05) is 5.88 Å². The van der Waals surface area contributed by atoms with Crippen LogP contribution in [-0.4, -0.2) is 5.88 Å². The van der Waals surface area contributed by atoms with Crippen molar-refractivity contribution in [1.29, 1.82) is 0 Å². The molecule has 0 aliphatic heterocycles. The molecule has 23 heavy (non-hydrogen) atoms. The van der Waals surface area contributed by atoms with E-state index in [0.717, 1.165) is 0 Å². The molecular formula is C21H21NS. The van der Waals surface area contributed by atoms with Crippen LogP contribution in [0.15, 0.2) is 84.9 Å². The fourth-order valence-corrected chi connectivity index (χ4v) is 4.17. The Morgan fingerprint density at radius 1 is 0.696 bits per heavy atom. The molecule has 0 atom stereocenters. The van der Waals surface area contributed by atoms with E-state index in [1.54, 1.807) is 11.8 Å². The van der Waals surface area contributed by atoms with E-state index in [9.17, 15) is 0 Å². The standard InChI is InChI=1S/C21H21NS/c1-17-12-14-20(15-13-17)21(23-16-22,18-8-4-2-5-9-18)19-10-6-3-7-11-19/h2-15H,16,22H2,1H3. The SMILES string of the molecule is Cc1ccc(C(SCN)(c2ccccc2)c2ccccc2)cc1. The molecule has 0 fully saturated rings. The highest BCUT2D eigenvalue weighted by atomic mass is 32.2. The van der Waals surface area contributed by atoms with E-state index in [-0.39, 0.29) is 4.75 Å². The molecule has 2 N–H and O–H groups in total. The third-order valence-corrected chi connectivity index (χ3v) is 5.43. The van der Waals surface area contributed by atoms with Crippen molar-refractivity contribution in [3.8, 4) is 0 Å². The topological polar surface area (TPSA) is 26.0 Å². The number of nitrogens with two attached hydrogens (primary N) is 1. The van der Waals surface area contributed by atoms with Crippen molar-refractivity contribution in [2.24, 2.45) is 5.73 Å². The molecule has 0 saturated carbocycles. The molecule has 0 radical (unpaired) electrons. The summed E-state index contributed by atoms with van der Waals surface area (Å²) < 4.78 is -0.287. The van der Waals surface area contributed by atoms with Crippen molar-refractivity contribution in [3.05, 3.63) is 107 Å². The minimum atomic E-state index is -0.287. The zero-order chi connectivity index (χ0) is 16.1. The first-order valence-electron chi connectivity index (χ1n) is 7.79. The van der Waals surface area contributed by atoms with Crippen molar-refractivity contribution < 1.29 is 0 Å². The fourth-order valence-electron chi connectivity index (χ4n) is 3.01. The predicted molar refractivity (Wildman–Crippen MR) is 101 cm³/mol. The van der Waals surface area contributed by atoms with Crippen molar-refractivity contribution in [2.45, 2.75) is 11.7 Å². The van der Waals surface area contributed by atoms with Gasteiger partial charge in [0.25, 0.3) is 0 Å². The number of thioether (sulfide) groups is 1. The van der Waals surface area contributed by atoms with E-state index >= 15 is 0 Å². The maximum Gasteiger partial charge on any atom is 0.0919 e. The second-order valence-electron chi connectivity index (χ2n) is 5.59. The number of rotatable bonds is 5. The summed E-state index contributed by atoms with van der Waals surface area (Å²) in [6, 6.07) is 30.0. The lowest BCUT2D eigenvalue weighted by molar-refractivity contribution is 0.893. The number of benzene rings is 3. The van der Waals surface area contributed by atoms with E-state index in [4.69, 9.17) is 5.73 Å². The van der Waals surface area contributed by atoms with Crippen molar-refractivity contribution in [1.82, 2.24) is 0 Å². The van der Waals surface area contributed by atoms with Crippen LogP contribution in [-0.2, 0) is 4.75 Å². The van der Waals surface area contributed by atoms with E-state index in [1.807, 2.05) is 0 Å². The maximum atomic E-state index is 6.02. The zero-order valence-corrected chi connectivity index (χ0v) is 14.1. The third-order valence-electron chi connectivity index (χ3n) is 4.12. The Morgan fingerprint density at radius 2 is 1.13 bits per heavy atom. The van der Waals surface area contributed by atoms with Crippen LogP contribution >= 0.6 is 11.8 Å². The Bertz CT molecular complexity index is 696. The van der Waals surface area contributed by atoms with Gasteiger partial charge in [0.05, 0.1) is 4.75 Å². The van der Waals surface area contributed by atoms with Gasteiger partial charge in [-0.3, -0.25) is 0 Å². The quantitative estimate of drug-likeness (QED) is 0.532. The largest absolute Gasteiger partial charge is 0.322 e. The molecule has 3 aromatic rings. The molecular weight excluding hydrogens is 298 g/mol. The third kappa shape index (κ3) is 3.05.